The molecule has 0 radical (unpaired) electrons. The molecule has 3 rings (SSSR count). The molecule has 4 nitrogen and oxygen atoms in total. The first-order chi connectivity index (χ1) is 12.8. The number of benzene rings is 2. The molecule has 1 aromatic heterocycles. The molecule has 0 aliphatic rings. The number of carbonyl (C=O) groups excluding carboxylic acids is 1. The first kappa shape index (κ1) is 19.7. The largest absolute Gasteiger partial charge is 0.309 e. The van der Waals surface area contributed by atoms with Crippen LogP contribution in [0, 0.1) is 12.7 Å². The third-order valence-corrected chi connectivity index (χ3v) is 5.42. The minimum atomic E-state index is -0.430. The Bertz CT molecular complexity index is 973. The summed E-state index contributed by atoms with van der Waals surface area (Å²) in [5.74, 6) is -0.683. The van der Waals surface area contributed by atoms with Crippen molar-refractivity contribution in [2.75, 3.05) is 32.1 Å². The predicted octanol–water partition coefficient (Wildman–Crippen LogP) is 5.00. The average Bonchev–Trinajstić information content (AvgIpc) is 3.02. The summed E-state index contributed by atoms with van der Waals surface area (Å²) in [6.45, 7) is 3.28. The number of rotatable bonds is 6. The van der Waals surface area contributed by atoms with Gasteiger partial charge in [0.1, 0.15) is 5.82 Å². The number of fused-ring (bicyclic) bond motifs is 1. The summed E-state index contributed by atoms with van der Waals surface area (Å²) in [6, 6.07) is 9.48. The normalized spacial score (nSPS) is 11.3. The summed E-state index contributed by atoms with van der Waals surface area (Å²) < 4.78 is 14.5. The number of carbonyl (C=O) groups is 1. The zero-order chi connectivity index (χ0) is 19.6. The van der Waals surface area contributed by atoms with Crippen LogP contribution in [-0.2, 0) is 0 Å². The quantitative estimate of drug-likeness (QED) is 0.579. The second kappa shape index (κ2) is 8.33. The summed E-state index contributed by atoms with van der Waals surface area (Å²) in [5, 5.41) is 1.24. The van der Waals surface area contributed by atoms with Gasteiger partial charge in [-0.3, -0.25) is 9.69 Å². The molecule has 27 heavy (non-hydrogen) atoms. The van der Waals surface area contributed by atoms with Gasteiger partial charge in [-0.1, -0.05) is 29.0 Å². The van der Waals surface area contributed by atoms with Crippen LogP contribution in [0.1, 0.15) is 22.3 Å². The lowest BCUT2D eigenvalue weighted by atomic mass is 10.2. The van der Waals surface area contributed by atoms with Gasteiger partial charge in [-0.25, -0.2) is 9.37 Å². The molecule has 2 aromatic carbocycles. The summed E-state index contributed by atoms with van der Waals surface area (Å²) in [6.07, 6.45) is 0.781. The van der Waals surface area contributed by atoms with E-state index in [2.05, 4.69) is 9.88 Å². The highest BCUT2D eigenvalue weighted by Crippen LogP contribution is 2.33. The van der Waals surface area contributed by atoms with Gasteiger partial charge in [-0.05, 0) is 69.9 Å². The number of aromatic nitrogens is 1. The fourth-order valence-electron chi connectivity index (χ4n) is 2.86. The summed E-state index contributed by atoms with van der Waals surface area (Å²) in [7, 11) is 3.98. The minimum Gasteiger partial charge on any atom is -0.309 e. The topological polar surface area (TPSA) is 36.4 Å². The Balaban J connectivity index is 1.98. The van der Waals surface area contributed by atoms with Gasteiger partial charge < -0.3 is 4.90 Å². The van der Waals surface area contributed by atoms with Crippen LogP contribution in [0.4, 0.5) is 9.52 Å². The maximum Gasteiger partial charge on any atom is 0.260 e. The summed E-state index contributed by atoms with van der Waals surface area (Å²) >= 11 is 7.58. The third kappa shape index (κ3) is 4.64. The number of anilines is 1. The van der Waals surface area contributed by atoms with Crippen LogP contribution >= 0.6 is 22.9 Å². The number of amides is 1. The molecule has 0 unspecified atom stereocenters. The smallest absolute Gasteiger partial charge is 0.260 e. The van der Waals surface area contributed by atoms with Crippen molar-refractivity contribution in [3.63, 3.8) is 0 Å². The molecule has 0 bridgehead atoms. The van der Waals surface area contributed by atoms with Crippen molar-refractivity contribution < 1.29 is 9.18 Å². The maximum atomic E-state index is 13.6. The van der Waals surface area contributed by atoms with Crippen LogP contribution < -0.4 is 4.90 Å². The van der Waals surface area contributed by atoms with Gasteiger partial charge in [0, 0.05) is 17.1 Å². The van der Waals surface area contributed by atoms with Crippen LogP contribution in [-0.4, -0.2) is 43.0 Å². The van der Waals surface area contributed by atoms with E-state index >= 15 is 0 Å². The van der Waals surface area contributed by atoms with Crippen LogP contribution in [0.5, 0.6) is 0 Å². The SMILES string of the molecule is Cc1cc(Cl)cc2sc(N(CCCN(C)C)C(=O)c3cccc(F)c3)nc12. The van der Waals surface area contributed by atoms with E-state index in [4.69, 9.17) is 11.6 Å². The Kier molecular flexibility index (Phi) is 6.09. The average molecular weight is 406 g/mol. The fraction of sp³-hybridized carbons (Fsp3) is 0.300. The molecule has 0 atom stereocenters. The molecule has 3 aromatic rings. The van der Waals surface area contributed by atoms with Crippen molar-refractivity contribution in [3.8, 4) is 0 Å². The first-order valence-corrected chi connectivity index (χ1v) is 9.83. The van der Waals surface area contributed by atoms with E-state index in [1.807, 2.05) is 33.2 Å². The molecule has 7 heteroatoms. The Morgan fingerprint density at radius 2 is 2.00 bits per heavy atom. The number of aryl methyl sites for hydroxylation is 1. The second-order valence-corrected chi connectivity index (χ2v) is 8.14. The maximum absolute atomic E-state index is 13.6. The van der Waals surface area contributed by atoms with Crippen molar-refractivity contribution in [1.29, 1.82) is 0 Å². The van der Waals surface area contributed by atoms with Crippen molar-refractivity contribution in [1.82, 2.24) is 9.88 Å². The molecule has 0 N–H and O–H groups in total. The van der Waals surface area contributed by atoms with E-state index in [0.717, 1.165) is 28.7 Å². The molecule has 0 fully saturated rings. The lowest BCUT2D eigenvalue weighted by Gasteiger charge is -2.21. The number of hydrogen-bond acceptors (Lipinski definition) is 4. The first-order valence-electron chi connectivity index (χ1n) is 8.64. The lowest BCUT2D eigenvalue weighted by molar-refractivity contribution is 0.0985. The van der Waals surface area contributed by atoms with Crippen LogP contribution in [0.3, 0.4) is 0 Å². The Hall–Kier alpha value is -2.02. The molecule has 142 valence electrons. The van der Waals surface area contributed by atoms with Gasteiger partial charge in [-0.2, -0.15) is 0 Å². The van der Waals surface area contributed by atoms with Crippen molar-refractivity contribution >= 4 is 44.2 Å². The van der Waals surface area contributed by atoms with Crippen LogP contribution in [0.25, 0.3) is 10.2 Å². The van der Waals surface area contributed by atoms with Gasteiger partial charge in [0.15, 0.2) is 5.13 Å². The Morgan fingerprint density at radius 3 is 2.70 bits per heavy atom. The minimum absolute atomic E-state index is 0.254. The zero-order valence-corrected chi connectivity index (χ0v) is 17.1. The molecule has 1 amide bonds. The van der Waals surface area contributed by atoms with Gasteiger partial charge in [0.25, 0.3) is 5.91 Å². The Morgan fingerprint density at radius 1 is 1.22 bits per heavy atom. The van der Waals surface area contributed by atoms with E-state index in [9.17, 15) is 9.18 Å². The number of thiazole rings is 1. The summed E-state index contributed by atoms with van der Waals surface area (Å²) in [5.41, 5.74) is 2.12. The standard InChI is InChI=1S/C20H21ClFN3OS/c1-13-10-15(21)12-17-18(13)23-20(27-17)25(9-5-8-24(2)3)19(26)14-6-4-7-16(22)11-14/h4,6-7,10-12H,5,8-9H2,1-3H3. The number of hydrogen-bond donors (Lipinski definition) is 0. The lowest BCUT2D eigenvalue weighted by Crippen LogP contribution is -2.33. The van der Waals surface area contributed by atoms with Gasteiger partial charge in [0.2, 0.25) is 0 Å². The highest BCUT2D eigenvalue weighted by molar-refractivity contribution is 7.22. The van der Waals surface area contributed by atoms with Crippen LogP contribution in [0.15, 0.2) is 36.4 Å². The summed E-state index contributed by atoms with van der Waals surface area (Å²) in [4.78, 5) is 21.5. The Labute approximate surface area is 167 Å². The number of halogens is 2. The zero-order valence-electron chi connectivity index (χ0n) is 15.5. The van der Waals surface area contributed by atoms with Gasteiger partial charge in [0.05, 0.1) is 10.2 Å². The van der Waals surface area contributed by atoms with Crippen molar-refractivity contribution in [2.24, 2.45) is 0 Å². The van der Waals surface area contributed by atoms with Crippen molar-refractivity contribution in [2.45, 2.75) is 13.3 Å². The van der Waals surface area contributed by atoms with E-state index < -0.39 is 5.82 Å². The van der Waals surface area contributed by atoms with Crippen molar-refractivity contribution in [3.05, 3.63) is 58.4 Å². The van der Waals surface area contributed by atoms with E-state index in [0.29, 0.717) is 22.3 Å². The fourth-order valence-corrected chi connectivity index (χ4v) is 4.31. The molecule has 0 aliphatic heterocycles. The third-order valence-electron chi connectivity index (χ3n) is 4.17. The molecule has 1 heterocycles. The highest BCUT2D eigenvalue weighted by atomic mass is 35.5. The molecule has 0 aliphatic carbocycles. The van der Waals surface area contributed by atoms with Gasteiger partial charge >= 0.3 is 0 Å². The van der Waals surface area contributed by atoms with Gasteiger partial charge in [-0.15, -0.1) is 0 Å². The van der Waals surface area contributed by atoms with E-state index in [-0.39, 0.29) is 5.91 Å². The molecule has 0 saturated carbocycles. The molecule has 0 spiro atoms. The molecular weight excluding hydrogens is 385 g/mol. The van der Waals surface area contributed by atoms with E-state index in [1.165, 1.54) is 23.5 Å². The second-order valence-electron chi connectivity index (χ2n) is 6.69. The molecular formula is C20H21ClFN3OS. The number of nitrogens with zero attached hydrogens (tertiary/aromatic N) is 3. The molecule has 0 saturated heterocycles. The highest BCUT2D eigenvalue weighted by Gasteiger charge is 2.22. The predicted molar refractivity (Wildman–Crippen MR) is 111 cm³/mol. The van der Waals surface area contributed by atoms with E-state index in [1.54, 1.807) is 17.0 Å². The van der Waals surface area contributed by atoms with Crippen LogP contribution in [0.2, 0.25) is 5.02 Å². The monoisotopic (exact) mass is 405 g/mol.